The molecule has 3 heterocycles. The topological polar surface area (TPSA) is 97.8 Å². The van der Waals surface area contributed by atoms with E-state index in [4.69, 9.17) is 10.2 Å². The SMILES string of the molecule is NC1(c2ccc(-c3c(-c4ccccc4)oc4c(-c5cn[nH]c5)nccc4c3=O)cc2)CCC1. The number of benzene rings is 2. The first-order valence-corrected chi connectivity index (χ1v) is 11.0. The molecule has 2 aromatic carbocycles. The van der Waals surface area contributed by atoms with E-state index in [0.717, 1.165) is 41.5 Å². The normalized spacial score (nSPS) is 14.8. The minimum atomic E-state index is -0.250. The highest BCUT2D eigenvalue weighted by Gasteiger charge is 2.34. The molecule has 162 valence electrons. The van der Waals surface area contributed by atoms with E-state index in [0.29, 0.717) is 28.0 Å². The lowest BCUT2D eigenvalue weighted by atomic mass is 9.72. The molecular formula is C27H22N4O2. The van der Waals surface area contributed by atoms with Gasteiger partial charge in [-0.05, 0) is 36.5 Å². The summed E-state index contributed by atoms with van der Waals surface area (Å²) in [5.74, 6) is 0.518. The molecule has 0 spiro atoms. The van der Waals surface area contributed by atoms with Crippen molar-refractivity contribution in [3.8, 4) is 33.7 Å². The maximum atomic E-state index is 13.9. The molecule has 3 aromatic heterocycles. The summed E-state index contributed by atoms with van der Waals surface area (Å²) >= 11 is 0. The number of pyridine rings is 1. The number of nitrogens with zero attached hydrogens (tertiary/aromatic N) is 2. The molecule has 5 aromatic rings. The third-order valence-corrected chi connectivity index (χ3v) is 6.61. The molecule has 1 saturated carbocycles. The molecule has 0 bridgehead atoms. The number of hydrogen-bond acceptors (Lipinski definition) is 5. The summed E-state index contributed by atoms with van der Waals surface area (Å²) in [6, 6.07) is 19.4. The van der Waals surface area contributed by atoms with E-state index in [-0.39, 0.29) is 11.0 Å². The minimum Gasteiger partial charge on any atom is -0.453 e. The van der Waals surface area contributed by atoms with Crippen LogP contribution in [0.5, 0.6) is 0 Å². The first-order chi connectivity index (χ1) is 16.1. The highest BCUT2D eigenvalue weighted by molar-refractivity contribution is 5.95. The molecule has 6 heteroatoms. The zero-order valence-electron chi connectivity index (χ0n) is 17.9. The second-order valence-corrected chi connectivity index (χ2v) is 8.61. The lowest BCUT2D eigenvalue weighted by Gasteiger charge is -2.38. The van der Waals surface area contributed by atoms with Gasteiger partial charge in [0.1, 0.15) is 11.5 Å². The highest BCUT2D eigenvalue weighted by atomic mass is 16.3. The molecule has 0 amide bonds. The van der Waals surface area contributed by atoms with Crippen LogP contribution in [0.1, 0.15) is 24.8 Å². The first-order valence-electron chi connectivity index (χ1n) is 11.0. The van der Waals surface area contributed by atoms with Crippen molar-refractivity contribution in [1.82, 2.24) is 15.2 Å². The first kappa shape index (κ1) is 19.6. The summed E-state index contributed by atoms with van der Waals surface area (Å²) < 4.78 is 6.47. The second kappa shape index (κ2) is 7.53. The van der Waals surface area contributed by atoms with Gasteiger partial charge < -0.3 is 10.2 Å². The number of aromatic nitrogens is 3. The number of nitrogens with one attached hydrogen (secondary N) is 1. The molecule has 33 heavy (non-hydrogen) atoms. The maximum absolute atomic E-state index is 13.9. The predicted octanol–water partition coefficient (Wildman–Crippen LogP) is 5.25. The van der Waals surface area contributed by atoms with Crippen molar-refractivity contribution in [3.63, 3.8) is 0 Å². The molecule has 1 aliphatic carbocycles. The zero-order chi connectivity index (χ0) is 22.4. The average molecular weight is 434 g/mol. The number of rotatable bonds is 4. The van der Waals surface area contributed by atoms with Crippen LogP contribution in [0.4, 0.5) is 0 Å². The van der Waals surface area contributed by atoms with Crippen LogP contribution >= 0.6 is 0 Å². The molecule has 6 nitrogen and oxygen atoms in total. The Morgan fingerprint density at radius 1 is 0.939 bits per heavy atom. The number of H-pyrrole nitrogens is 1. The van der Waals surface area contributed by atoms with Crippen LogP contribution in [0.15, 0.2) is 88.5 Å². The molecule has 0 atom stereocenters. The Hall–Kier alpha value is -4.03. The fourth-order valence-electron chi connectivity index (χ4n) is 4.58. The molecule has 1 fully saturated rings. The summed E-state index contributed by atoms with van der Waals surface area (Å²) in [4.78, 5) is 18.3. The Labute approximate surface area is 190 Å². The number of fused-ring (bicyclic) bond motifs is 1. The summed E-state index contributed by atoms with van der Waals surface area (Å²) in [5, 5.41) is 7.30. The molecule has 3 N–H and O–H groups in total. The fourth-order valence-corrected chi connectivity index (χ4v) is 4.58. The average Bonchev–Trinajstić information content (AvgIpc) is 3.38. The zero-order valence-corrected chi connectivity index (χ0v) is 17.9. The molecule has 0 unspecified atom stereocenters. The van der Waals surface area contributed by atoms with E-state index < -0.39 is 0 Å². The van der Waals surface area contributed by atoms with E-state index in [1.165, 1.54) is 0 Å². The van der Waals surface area contributed by atoms with Gasteiger partial charge in [0.25, 0.3) is 0 Å². The molecule has 0 aliphatic heterocycles. The summed E-state index contributed by atoms with van der Waals surface area (Å²) in [6.07, 6.45) is 8.16. The van der Waals surface area contributed by atoms with E-state index in [9.17, 15) is 4.79 Å². The third kappa shape index (κ3) is 3.18. The van der Waals surface area contributed by atoms with Gasteiger partial charge in [0, 0.05) is 29.1 Å². The Morgan fingerprint density at radius 3 is 2.39 bits per heavy atom. The van der Waals surface area contributed by atoms with Crippen LogP contribution in [0, 0.1) is 0 Å². The van der Waals surface area contributed by atoms with Crippen molar-refractivity contribution in [1.29, 1.82) is 0 Å². The van der Waals surface area contributed by atoms with Crippen molar-refractivity contribution in [2.45, 2.75) is 24.8 Å². The monoisotopic (exact) mass is 434 g/mol. The lowest BCUT2D eigenvalue weighted by molar-refractivity contribution is 0.253. The van der Waals surface area contributed by atoms with Gasteiger partial charge in [-0.2, -0.15) is 5.10 Å². The summed E-state index contributed by atoms with van der Waals surface area (Å²) in [7, 11) is 0. The Balaban J connectivity index is 1.61. The predicted molar refractivity (Wildman–Crippen MR) is 128 cm³/mol. The van der Waals surface area contributed by atoms with Gasteiger partial charge in [-0.3, -0.25) is 14.9 Å². The Bertz CT molecular complexity index is 1500. The lowest BCUT2D eigenvalue weighted by Crippen LogP contribution is -2.43. The van der Waals surface area contributed by atoms with Gasteiger partial charge in [0.15, 0.2) is 5.58 Å². The number of hydrogen-bond donors (Lipinski definition) is 2. The largest absolute Gasteiger partial charge is 0.453 e. The van der Waals surface area contributed by atoms with Crippen molar-refractivity contribution in [2.24, 2.45) is 5.73 Å². The van der Waals surface area contributed by atoms with Crippen molar-refractivity contribution >= 4 is 11.0 Å². The van der Waals surface area contributed by atoms with E-state index in [1.54, 1.807) is 24.7 Å². The second-order valence-electron chi connectivity index (χ2n) is 8.61. The molecule has 1 aliphatic rings. The van der Waals surface area contributed by atoms with Crippen LogP contribution in [0.3, 0.4) is 0 Å². The smallest absolute Gasteiger partial charge is 0.201 e. The van der Waals surface area contributed by atoms with E-state index in [1.807, 2.05) is 54.6 Å². The van der Waals surface area contributed by atoms with Crippen LogP contribution in [0.25, 0.3) is 44.7 Å². The standard InChI is InChI=1S/C27H22N4O2/c28-27(12-4-13-27)20-9-7-17(8-10-20)22-24(32)21-11-14-29-23(19-15-30-31-16-19)26(21)33-25(22)18-5-2-1-3-6-18/h1-3,5-11,14-16H,4,12-13,28H2,(H,30,31). The summed E-state index contributed by atoms with van der Waals surface area (Å²) in [6.45, 7) is 0. The maximum Gasteiger partial charge on any atom is 0.201 e. The van der Waals surface area contributed by atoms with Crippen LogP contribution in [-0.2, 0) is 5.54 Å². The van der Waals surface area contributed by atoms with Gasteiger partial charge in [-0.25, -0.2) is 0 Å². The van der Waals surface area contributed by atoms with Crippen LogP contribution < -0.4 is 11.2 Å². The van der Waals surface area contributed by atoms with Gasteiger partial charge in [-0.1, -0.05) is 54.6 Å². The fraction of sp³-hybridized carbons (Fsp3) is 0.148. The van der Waals surface area contributed by atoms with E-state index in [2.05, 4.69) is 15.2 Å². The molecule has 6 rings (SSSR count). The van der Waals surface area contributed by atoms with Crippen molar-refractivity contribution in [2.75, 3.05) is 0 Å². The van der Waals surface area contributed by atoms with Gasteiger partial charge in [0.2, 0.25) is 5.43 Å². The molecule has 0 radical (unpaired) electrons. The van der Waals surface area contributed by atoms with Crippen molar-refractivity contribution < 1.29 is 4.42 Å². The van der Waals surface area contributed by atoms with E-state index >= 15 is 0 Å². The number of nitrogens with two attached hydrogens (primary N) is 1. The van der Waals surface area contributed by atoms with Crippen LogP contribution in [0.2, 0.25) is 0 Å². The quantitative estimate of drug-likeness (QED) is 0.403. The highest BCUT2D eigenvalue weighted by Crippen LogP contribution is 2.40. The van der Waals surface area contributed by atoms with Crippen LogP contribution in [-0.4, -0.2) is 15.2 Å². The molecule has 0 saturated heterocycles. The minimum absolute atomic E-state index is 0.0962. The van der Waals surface area contributed by atoms with Gasteiger partial charge in [0.05, 0.1) is 17.1 Å². The Morgan fingerprint density at radius 2 is 1.73 bits per heavy atom. The van der Waals surface area contributed by atoms with Crippen molar-refractivity contribution in [3.05, 3.63) is 95.0 Å². The van der Waals surface area contributed by atoms with Gasteiger partial charge in [-0.15, -0.1) is 0 Å². The van der Waals surface area contributed by atoms with Gasteiger partial charge >= 0.3 is 0 Å². The third-order valence-electron chi connectivity index (χ3n) is 6.61. The number of aromatic amines is 1. The Kier molecular flexibility index (Phi) is 4.48. The summed E-state index contributed by atoms with van der Waals surface area (Å²) in [5.41, 5.74) is 11.2. The molecular weight excluding hydrogens is 412 g/mol.